The Morgan fingerprint density at radius 3 is 3.05 bits per heavy atom. The highest BCUT2D eigenvalue weighted by Crippen LogP contribution is 2.23. The van der Waals surface area contributed by atoms with Gasteiger partial charge in [0.2, 0.25) is 5.89 Å². The quantitative estimate of drug-likeness (QED) is 0.552. The fourth-order valence-electron chi connectivity index (χ4n) is 1.68. The fourth-order valence-corrected chi connectivity index (χ4v) is 1.68. The van der Waals surface area contributed by atoms with Crippen molar-refractivity contribution in [1.29, 1.82) is 0 Å². The third-order valence-electron chi connectivity index (χ3n) is 2.60. The summed E-state index contributed by atoms with van der Waals surface area (Å²) in [6.07, 6.45) is 1.85. The summed E-state index contributed by atoms with van der Waals surface area (Å²) >= 11 is 0. The maximum atomic E-state index is 10.7. The summed E-state index contributed by atoms with van der Waals surface area (Å²) in [7, 11) is 0. The number of anilines is 1. The normalized spacial score (nSPS) is 10.8. The molecule has 0 saturated heterocycles. The molecule has 9 heteroatoms. The average molecular weight is 275 g/mol. The van der Waals surface area contributed by atoms with E-state index >= 15 is 0 Å². The van der Waals surface area contributed by atoms with Crippen LogP contribution in [-0.2, 0) is 6.42 Å². The van der Waals surface area contributed by atoms with E-state index in [9.17, 15) is 10.1 Å². The van der Waals surface area contributed by atoms with Crippen molar-refractivity contribution in [1.82, 2.24) is 15.1 Å². The number of fused-ring (bicyclic) bond motifs is 1. The van der Waals surface area contributed by atoms with E-state index in [2.05, 4.69) is 20.4 Å². The number of non-ortho nitro benzene ring substituents is 1. The van der Waals surface area contributed by atoms with Crippen LogP contribution in [0.1, 0.15) is 5.89 Å². The first kappa shape index (κ1) is 12.1. The second kappa shape index (κ2) is 4.96. The molecule has 102 valence electrons. The summed E-state index contributed by atoms with van der Waals surface area (Å²) in [6.45, 7) is 0.497. The van der Waals surface area contributed by atoms with Gasteiger partial charge in [0.15, 0.2) is 11.9 Å². The minimum atomic E-state index is -0.482. The van der Waals surface area contributed by atoms with Gasteiger partial charge >= 0.3 is 0 Å². The van der Waals surface area contributed by atoms with E-state index in [0.29, 0.717) is 36.0 Å². The summed E-state index contributed by atoms with van der Waals surface area (Å²) in [4.78, 5) is 18.2. The highest BCUT2D eigenvalue weighted by atomic mass is 16.6. The molecular formula is C11H9N5O4. The standard InChI is InChI=1S/C11H9N5O4/c17-16(18)7-1-2-8-9(5-7)19-11(15-8)12-4-3-10-13-6-14-20-10/h1-2,5-6H,3-4H2,(H,12,15). The number of oxazole rings is 1. The highest BCUT2D eigenvalue weighted by Gasteiger charge is 2.11. The summed E-state index contributed by atoms with van der Waals surface area (Å²) in [5.41, 5.74) is 0.876. The molecule has 0 aliphatic heterocycles. The van der Waals surface area contributed by atoms with Gasteiger partial charge in [-0.25, -0.2) is 0 Å². The first-order chi connectivity index (χ1) is 9.72. The van der Waals surface area contributed by atoms with Gasteiger partial charge in [-0.3, -0.25) is 10.1 Å². The predicted octanol–water partition coefficient (Wildman–Crippen LogP) is 1.77. The maximum absolute atomic E-state index is 10.7. The van der Waals surface area contributed by atoms with Crippen LogP contribution < -0.4 is 5.32 Å². The van der Waals surface area contributed by atoms with Crippen molar-refractivity contribution in [2.75, 3.05) is 11.9 Å². The topological polar surface area (TPSA) is 120 Å². The minimum Gasteiger partial charge on any atom is -0.423 e. The van der Waals surface area contributed by atoms with Gasteiger partial charge in [0.25, 0.3) is 11.7 Å². The third-order valence-corrected chi connectivity index (χ3v) is 2.60. The molecule has 3 aromatic rings. The molecule has 0 fully saturated rings. The first-order valence-corrected chi connectivity index (χ1v) is 5.77. The molecule has 2 aromatic heterocycles. The van der Waals surface area contributed by atoms with E-state index in [1.807, 2.05) is 0 Å². The number of nitrogens with zero attached hydrogens (tertiary/aromatic N) is 4. The summed E-state index contributed by atoms with van der Waals surface area (Å²) in [5, 5.41) is 17.1. The second-order valence-electron chi connectivity index (χ2n) is 3.94. The van der Waals surface area contributed by atoms with Crippen molar-refractivity contribution in [3.8, 4) is 0 Å². The molecule has 3 rings (SSSR count). The molecule has 1 N–H and O–H groups in total. The van der Waals surface area contributed by atoms with Crippen LogP contribution in [0.4, 0.5) is 11.7 Å². The lowest BCUT2D eigenvalue weighted by atomic mass is 10.3. The SMILES string of the molecule is O=[N+]([O-])c1ccc2nc(NCCc3ncno3)oc2c1. The van der Waals surface area contributed by atoms with Gasteiger partial charge < -0.3 is 14.3 Å². The molecule has 9 nitrogen and oxygen atoms in total. The predicted molar refractivity (Wildman–Crippen MR) is 67.2 cm³/mol. The lowest BCUT2D eigenvalue weighted by molar-refractivity contribution is -0.384. The van der Waals surface area contributed by atoms with Gasteiger partial charge in [0.1, 0.15) is 5.52 Å². The summed E-state index contributed by atoms with van der Waals surface area (Å²) in [6, 6.07) is 4.55. The number of aromatic nitrogens is 3. The number of benzene rings is 1. The van der Waals surface area contributed by atoms with E-state index in [-0.39, 0.29) is 5.69 Å². The van der Waals surface area contributed by atoms with Gasteiger partial charge in [-0.1, -0.05) is 5.16 Å². The Morgan fingerprint density at radius 2 is 2.30 bits per heavy atom. The van der Waals surface area contributed by atoms with Crippen LogP contribution in [0, 0.1) is 10.1 Å². The summed E-state index contributed by atoms with van der Waals surface area (Å²) < 4.78 is 10.2. The zero-order valence-corrected chi connectivity index (χ0v) is 10.1. The number of hydrogen-bond donors (Lipinski definition) is 1. The van der Waals surface area contributed by atoms with E-state index in [4.69, 9.17) is 8.94 Å². The lowest BCUT2D eigenvalue weighted by Crippen LogP contribution is -2.04. The molecule has 0 aliphatic carbocycles. The molecule has 0 spiro atoms. The van der Waals surface area contributed by atoms with Gasteiger partial charge in [0.05, 0.1) is 11.0 Å². The monoisotopic (exact) mass is 275 g/mol. The summed E-state index contributed by atoms with van der Waals surface area (Å²) in [5.74, 6) is 0.504. The fraction of sp³-hybridized carbons (Fsp3) is 0.182. The highest BCUT2D eigenvalue weighted by molar-refractivity contribution is 5.77. The van der Waals surface area contributed by atoms with Gasteiger partial charge in [-0.15, -0.1) is 0 Å². The molecule has 0 unspecified atom stereocenters. The first-order valence-electron chi connectivity index (χ1n) is 5.77. The Morgan fingerprint density at radius 1 is 1.40 bits per heavy atom. The van der Waals surface area contributed by atoms with Crippen LogP contribution in [0.3, 0.4) is 0 Å². The van der Waals surface area contributed by atoms with Crippen molar-refractivity contribution >= 4 is 22.8 Å². The van der Waals surface area contributed by atoms with Crippen LogP contribution in [-0.4, -0.2) is 26.6 Å². The minimum absolute atomic E-state index is 0.0361. The van der Waals surface area contributed by atoms with Crippen LogP contribution in [0.25, 0.3) is 11.1 Å². The van der Waals surface area contributed by atoms with Crippen LogP contribution in [0.5, 0.6) is 0 Å². The number of nitro groups is 1. The van der Waals surface area contributed by atoms with Crippen LogP contribution >= 0.6 is 0 Å². The molecule has 0 amide bonds. The Bertz CT molecular complexity index is 736. The number of hydrogen-bond acceptors (Lipinski definition) is 8. The maximum Gasteiger partial charge on any atom is 0.295 e. The van der Waals surface area contributed by atoms with E-state index in [1.165, 1.54) is 18.5 Å². The molecule has 0 atom stereocenters. The molecule has 0 radical (unpaired) electrons. The number of rotatable bonds is 5. The van der Waals surface area contributed by atoms with Crippen molar-refractivity contribution in [2.45, 2.75) is 6.42 Å². The molecule has 0 aliphatic rings. The van der Waals surface area contributed by atoms with E-state index in [1.54, 1.807) is 6.07 Å². The van der Waals surface area contributed by atoms with Crippen LogP contribution in [0.15, 0.2) is 33.5 Å². The zero-order valence-electron chi connectivity index (χ0n) is 10.1. The molecule has 2 heterocycles. The largest absolute Gasteiger partial charge is 0.423 e. The second-order valence-corrected chi connectivity index (χ2v) is 3.94. The van der Waals surface area contributed by atoms with Gasteiger partial charge in [-0.2, -0.15) is 9.97 Å². The van der Waals surface area contributed by atoms with Gasteiger partial charge in [-0.05, 0) is 6.07 Å². The Hall–Kier alpha value is -2.97. The van der Waals surface area contributed by atoms with E-state index < -0.39 is 4.92 Å². The van der Waals surface area contributed by atoms with E-state index in [0.717, 1.165) is 0 Å². The molecular weight excluding hydrogens is 266 g/mol. The zero-order chi connectivity index (χ0) is 13.9. The van der Waals surface area contributed by atoms with Crippen molar-refractivity contribution < 1.29 is 13.9 Å². The number of nitro benzene ring substituents is 1. The Balaban J connectivity index is 1.70. The van der Waals surface area contributed by atoms with Gasteiger partial charge in [0, 0.05) is 19.0 Å². The molecule has 20 heavy (non-hydrogen) atoms. The number of nitrogens with one attached hydrogen (secondary N) is 1. The lowest BCUT2D eigenvalue weighted by Gasteiger charge is -1.96. The molecule has 0 bridgehead atoms. The van der Waals surface area contributed by atoms with Crippen molar-refractivity contribution in [3.05, 3.63) is 40.5 Å². The smallest absolute Gasteiger partial charge is 0.295 e. The average Bonchev–Trinajstić information content (AvgIpc) is 3.06. The Kier molecular flexibility index (Phi) is 2.99. The Labute approximate surface area is 111 Å². The third kappa shape index (κ3) is 2.41. The van der Waals surface area contributed by atoms with Crippen molar-refractivity contribution in [3.63, 3.8) is 0 Å². The molecule has 1 aromatic carbocycles. The van der Waals surface area contributed by atoms with Crippen LogP contribution in [0.2, 0.25) is 0 Å². The molecule has 0 saturated carbocycles. The van der Waals surface area contributed by atoms with Crippen molar-refractivity contribution in [2.24, 2.45) is 0 Å².